The Labute approximate surface area is 136 Å². The van der Waals surface area contributed by atoms with Crippen molar-refractivity contribution in [3.63, 3.8) is 0 Å². The number of carbonyl (C=O) groups excluding carboxylic acids is 1. The molecular formula is C18H20N2OS. The highest BCUT2D eigenvalue weighted by Crippen LogP contribution is 2.19. The summed E-state index contributed by atoms with van der Waals surface area (Å²) in [5.74, 6) is -0.0138. The lowest BCUT2D eigenvalue weighted by molar-refractivity contribution is 0.103. The maximum Gasteiger partial charge on any atom is 0.195 e. The first-order chi connectivity index (χ1) is 10.7. The van der Waals surface area contributed by atoms with E-state index in [0.29, 0.717) is 16.2 Å². The van der Waals surface area contributed by atoms with Crippen LogP contribution in [-0.2, 0) is 0 Å². The van der Waals surface area contributed by atoms with Gasteiger partial charge in [0.1, 0.15) is 0 Å². The lowest BCUT2D eigenvalue weighted by atomic mass is 10.0. The fraction of sp³-hybridized carbons (Fsp3) is 0.222. The summed E-state index contributed by atoms with van der Waals surface area (Å²) < 4.78 is 0. The molecule has 0 aliphatic heterocycles. The van der Waals surface area contributed by atoms with Crippen molar-refractivity contribution in [3.8, 4) is 0 Å². The second-order valence-electron chi connectivity index (χ2n) is 4.98. The fourth-order valence-corrected chi connectivity index (χ4v) is 2.29. The number of benzene rings is 2. The highest BCUT2D eigenvalue weighted by molar-refractivity contribution is 7.80. The molecule has 22 heavy (non-hydrogen) atoms. The largest absolute Gasteiger partial charge is 0.362 e. The molecule has 2 rings (SSSR count). The number of nitrogens with one attached hydrogen (secondary N) is 2. The van der Waals surface area contributed by atoms with Crippen molar-refractivity contribution in [1.82, 2.24) is 5.32 Å². The molecule has 0 saturated heterocycles. The van der Waals surface area contributed by atoms with Crippen molar-refractivity contribution < 1.29 is 4.79 Å². The summed E-state index contributed by atoms with van der Waals surface area (Å²) in [7, 11) is 0. The lowest BCUT2D eigenvalue weighted by Gasteiger charge is -2.13. The summed E-state index contributed by atoms with van der Waals surface area (Å²) in [4.78, 5) is 12.6. The second kappa shape index (κ2) is 8.29. The first kappa shape index (κ1) is 16.2. The Balaban J connectivity index is 2.13. The number of anilines is 1. The van der Waals surface area contributed by atoms with E-state index in [4.69, 9.17) is 12.2 Å². The number of hydrogen-bond donors (Lipinski definition) is 2. The Bertz CT molecular complexity index is 641. The number of hydrogen-bond acceptors (Lipinski definition) is 2. The Kier molecular flexibility index (Phi) is 6.10. The van der Waals surface area contributed by atoms with E-state index in [1.54, 1.807) is 0 Å². The molecule has 0 atom stereocenters. The van der Waals surface area contributed by atoms with Crippen molar-refractivity contribution in [2.75, 3.05) is 11.9 Å². The summed E-state index contributed by atoms with van der Waals surface area (Å²) in [6.45, 7) is 2.96. The van der Waals surface area contributed by atoms with Gasteiger partial charge in [-0.05, 0) is 30.8 Å². The Hall–Kier alpha value is -2.20. The molecule has 0 amide bonds. The van der Waals surface area contributed by atoms with Crippen molar-refractivity contribution in [1.29, 1.82) is 0 Å². The van der Waals surface area contributed by atoms with Gasteiger partial charge in [-0.3, -0.25) is 4.79 Å². The SMILES string of the molecule is CCCCNC(=S)Nc1ccccc1C(=O)c1ccccc1. The van der Waals surface area contributed by atoms with E-state index in [2.05, 4.69) is 17.6 Å². The van der Waals surface area contributed by atoms with Crippen molar-refractivity contribution in [2.24, 2.45) is 0 Å². The van der Waals surface area contributed by atoms with Crippen LogP contribution in [0.25, 0.3) is 0 Å². The van der Waals surface area contributed by atoms with Crippen LogP contribution in [0.4, 0.5) is 5.69 Å². The van der Waals surface area contributed by atoms with Crippen molar-refractivity contribution in [3.05, 3.63) is 65.7 Å². The van der Waals surface area contributed by atoms with Crippen molar-refractivity contribution in [2.45, 2.75) is 19.8 Å². The number of thiocarbonyl (C=S) groups is 1. The van der Waals surface area contributed by atoms with Gasteiger partial charge in [0.15, 0.2) is 10.9 Å². The molecular weight excluding hydrogens is 292 g/mol. The number of rotatable bonds is 6. The normalized spacial score (nSPS) is 10.0. The van der Waals surface area contributed by atoms with E-state index in [9.17, 15) is 4.79 Å². The van der Waals surface area contributed by atoms with Crippen LogP contribution in [0.5, 0.6) is 0 Å². The van der Waals surface area contributed by atoms with Gasteiger partial charge in [-0.2, -0.15) is 0 Å². The van der Waals surface area contributed by atoms with Crippen LogP contribution in [0.15, 0.2) is 54.6 Å². The monoisotopic (exact) mass is 312 g/mol. The third-order valence-electron chi connectivity index (χ3n) is 3.27. The van der Waals surface area contributed by atoms with E-state index in [0.717, 1.165) is 25.1 Å². The Morgan fingerprint density at radius 3 is 2.45 bits per heavy atom. The van der Waals surface area contributed by atoms with Gasteiger partial charge in [0.2, 0.25) is 0 Å². The molecule has 0 radical (unpaired) electrons. The number of ketones is 1. The molecule has 0 aliphatic carbocycles. The summed E-state index contributed by atoms with van der Waals surface area (Å²) >= 11 is 5.28. The van der Waals surface area contributed by atoms with E-state index >= 15 is 0 Å². The molecule has 2 aromatic carbocycles. The quantitative estimate of drug-likeness (QED) is 0.480. The van der Waals surface area contributed by atoms with Crippen LogP contribution < -0.4 is 10.6 Å². The zero-order chi connectivity index (χ0) is 15.8. The molecule has 0 spiro atoms. The van der Waals surface area contributed by atoms with Gasteiger partial charge >= 0.3 is 0 Å². The molecule has 2 N–H and O–H groups in total. The van der Waals surface area contributed by atoms with Crippen LogP contribution >= 0.6 is 12.2 Å². The van der Waals surface area contributed by atoms with Gasteiger partial charge < -0.3 is 10.6 Å². The van der Waals surface area contributed by atoms with Gasteiger partial charge in [-0.25, -0.2) is 0 Å². The Morgan fingerprint density at radius 1 is 1.05 bits per heavy atom. The molecule has 0 aromatic heterocycles. The van der Waals surface area contributed by atoms with E-state index < -0.39 is 0 Å². The highest BCUT2D eigenvalue weighted by atomic mass is 32.1. The molecule has 0 saturated carbocycles. The van der Waals surface area contributed by atoms with Gasteiger partial charge in [-0.1, -0.05) is 55.8 Å². The van der Waals surface area contributed by atoms with Gasteiger partial charge in [-0.15, -0.1) is 0 Å². The minimum absolute atomic E-state index is 0.0138. The lowest BCUT2D eigenvalue weighted by Crippen LogP contribution is -2.29. The van der Waals surface area contributed by atoms with Crippen LogP contribution in [0.1, 0.15) is 35.7 Å². The van der Waals surface area contributed by atoms with Crippen LogP contribution in [0, 0.1) is 0 Å². The molecule has 0 fully saturated rings. The first-order valence-electron chi connectivity index (χ1n) is 7.46. The predicted molar refractivity (Wildman–Crippen MR) is 95.4 cm³/mol. The highest BCUT2D eigenvalue weighted by Gasteiger charge is 2.13. The molecule has 0 bridgehead atoms. The summed E-state index contributed by atoms with van der Waals surface area (Å²) in [6, 6.07) is 16.7. The van der Waals surface area contributed by atoms with Crippen LogP contribution in [0.3, 0.4) is 0 Å². The van der Waals surface area contributed by atoms with E-state index in [1.807, 2.05) is 54.6 Å². The molecule has 3 nitrogen and oxygen atoms in total. The third kappa shape index (κ3) is 4.40. The molecule has 0 unspecified atom stereocenters. The standard InChI is InChI=1S/C18H20N2OS/c1-2-3-13-19-18(22)20-16-12-8-7-11-15(16)17(21)14-9-5-4-6-10-14/h4-12H,2-3,13H2,1H3,(H2,19,20,22). The maximum atomic E-state index is 12.6. The van der Waals surface area contributed by atoms with Gasteiger partial charge in [0.05, 0.1) is 5.69 Å². The zero-order valence-corrected chi connectivity index (χ0v) is 13.5. The van der Waals surface area contributed by atoms with E-state index in [1.165, 1.54) is 0 Å². The predicted octanol–water partition coefficient (Wildman–Crippen LogP) is 4.00. The summed E-state index contributed by atoms with van der Waals surface area (Å²) in [5.41, 5.74) is 2.01. The topological polar surface area (TPSA) is 41.1 Å². The summed E-state index contributed by atoms with van der Waals surface area (Å²) in [5, 5.41) is 6.81. The second-order valence-corrected chi connectivity index (χ2v) is 5.38. The van der Waals surface area contributed by atoms with Gasteiger partial charge in [0, 0.05) is 17.7 Å². The maximum absolute atomic E-state index is 12.6. The molecule has 4 heteroatoms. The average molecular weight is 312 g/mol. The van der Waals surface area contributed by atoms with Crippen molar-refractivity contribution >= 4 is 28.8 Å². The molecule has 2 aromatic rings. The zero-order valence-electron chi connectivity index (χ0n) is 12.6. The smallest absolute Gasteiger partial charge is 0.195 e. The number of carbonyl (C=O) groups is 1. The minimum Gasteiger partial charge on any atom is -0.362 e. The van der Waals surface area contributed by atoms with Crippen LogP contribution in [0.2, 0.25) is 0 Å². The average Bonchev–Trinajstić information content (AvgIpc) is 2.56. The number of unbranched alkanes of at least 4 members (excludes halogenated alkanes) is 1. The Morgan fingerprint density at radius 2 is 1.73 bits per heavy atom. The first-order valence-corrected chi connectivity index (χ1v) is 7.87. The summed E-state index contributed by atoms with van der Waals surface area (Å²) in [6.07, 6.45) is 2.17. The van der Waals surface area contributed by atoms with Gasteiger partial charge in [0.25, 0.3) is 0 Å². The van der Waals surface area contributed by atoms with Crippen LogP contribution in [-0.4, -0.2) is 17.4 Å². The molecule has 0 aliphatic rings. The third-order valence-corrected chi connectivity index (χ3v) is 3.52. The molecule has 114 valence electrons. The molecule has 0 heterocycles. The van der Waals surface area contributed by atoms with E-state index in [-0.39, 0.29) is 5.78 Å². The minimum atomic E-state index is -0.0138. The number of para-hydroxylation sites is 1. The fourth-order valence-electron chi connectivity index (χ4n) is 2.08.